The molecule has 0 saturated carbocycles. The van der Waals surface area contributed by atoms with Gasteiger partial charge in [-0.1, -0.05) is 30.7 Å². The average molecular weight is 224 g/mol. The predicted octanol–water partition coefficient (Wildman–Crippen LogP) is 4.03. The molecular weight excluding hydrogens is 214 g/mol. The molecule has 72 valence electrons. The molecule has 0 amide bonds. The maximum atomic E-state index is 5.81. The van der Waals surface area contributed by atoms with Crippen LogP contribution in [0, 0.1) is 0 Å². The van der Waals surface area contributed by atoms with E-state index in [1.165, 1.54) is 0 Å². The van der Waals surface area contributed by atoms with Crippen LogP contribution in [0.1, 0.15) is 12.6 Å². The Balaban J connectivity index is 2.34. The molecule has 0 spiro atoms. The van der Waals surface area contributed by atoms with E-state index in [9.17, 15) is 0 Å². The number of thiazole rings is 1. The van der Waals surface area contributed by atoms with E-state index < -0.39 is 0 Å². The second kappa shape index (κ2) is 4.11. The highest BCUT2D eigenvalue weighted by Gasteiger charge is 2.02. The first-order valence-corrected chi connectivity index (χ1v) is 5.75. The minimum absolute atomic E-state index is 0.765. The molecule has 14 heavy (non-hydrogen) atoms. The number of hydrogen-bond acceptors (Lipinski definition) is 2. The van der Waals surface area contributed by atoms with Crippen LogP contribution in [0.15, 0.2) is 29.6 Å². The van der Waals surface area contributed by atoms with Gasteiger partial charge in [0, 0.05) is 16.0 Å². The summed E-state index contributed by atoms with van der Waals surface area (Å²) < 4.78 is 0. The lowest BCUT2D eigenvalue weighted by atomic mass is 10.2. The van der Waals surface area contributed by atoms with Crippen molar-refractivity contribution in [3.05, 3.63) is 40.4 Å². The number of rotatable bonds is 2. The zero-order valence-electron chi connectivity index (χ0n) is 7.83. The minimum atomic E-state index is 0.765. The molecule has 0 atom stereocenters. The van der Waals surface area contributed by atoms with Gasteiger partial charge in [-0.25, -0.2) is 4.98 Å². The van der Waals surface area contributed by atoms with E-state index in [2.05, 4.69) is 17.3 Å². The van der Waals surface area contributed by atoms with Gasteiger partial charge in [0.05, 0.1) is 5.69 Å². The van der Waals surface area contributed by atoms with Crippen molar-refractivity contribution in [2.75, 3.05) is 0 Å². The predicted molar refractivity (Wildman–Crippen MR) is 61.9 cm³/mol. The smallest absolute Gasteiger partial charge is 0.123 e. The number of nitrogens with zero attached hydrogens (tertiary/aromatic N) is 1. The first-order chi connectivity index (χ1) is 6.79. The third-order valence-electron chi connectivity index (χ3n) is 2.01. The summed E-state index contributed by atoms with van der Waals surface area (Å²) >= 11 is 7.49. The molecule has 0 aliphatic carbocycles. The zero-order chi connectivity index (χ0) is 9.97. The van der Waals surface area contributed by atoms with Crippen LogP contribution in [-0.4, -0.2) is 4.98 Å². The Hall–Kier alpha value is -0.860. The molecule has 0 aliphatic heterocycles. The summed E-state index contributed by atoms with van der Waals surface area (Å²) in [5.74, 6) is 0. The Morgan fingerprint density at radius 2 is 2.00 bits per heavy atom. The third-order valence-corrected chi connectivity index (χ3v) is 3.20. The molecule has 0 bridgehead atoms. The van der Waals surface area contributed by atoms with Gasteiger partial charge in [0.15, 0.2) is 0 Å². The van der Waals surface area contributed by atoms with E-state index in [1.807, 2.05) is 24.3 Å². The van der Waals surface area contributed by atoms with Crippen molar-refractivity contribution >= 4 is 22.9 Å². The minimum Gasteiger partial charge on any atom is -0.241 e. The second-order valence-electron chi connectivity index (χ2n) is 3.00. The molecule has 1 heterocycles. The van der Waals surface area contributed by atoms with Crippen LogP contribution < -0.4 is 0 Å². The Morgan fingerprint density at radius 3 is 2.57 bits per heavy atom. The number of aromatic nitrogens is 1. The molecule has 0 N–H and O–H groups in total. The number of halogens is 1. The zero-order valence-corrected chi connectivity index (χ0v) is 9.40. The molecule has 1 nitrogen and oxygen atoms in total. The van der Waals surface area contributed by atoms with Gasteiger partial charge in [-0.2, -0.15) is 0 Å². The lowest BCUT2D eigenvalue weighted by Crippen LogP contribution is -1.79. The summed E-state index contributed by atoms with van der Waals surface area (Å²) in [7, 11) is 0. The van der Waals surface area contributed by atoms with Crippen molar-refractivity contribution in [2.24, 2.45) is 0 Å². The van der Waals surface area contributed by atoms with Crippen LogP contribution in [0.3, 0.4) is 0 Å². The Kier molecular flexibility index (Phi) is 2.85. The summed E-state index contributed by atoms with van der Waals surface area (Å²) in [5.41, 5.74) is 2.29. The summed E-state index contributed by atoms with van der Waals surface area (Å²) in [6.07, 6.45) is 0.990. The fraction of sp³-hybridized carbons (Fsp3) is 0.182. The standard InChI is InChI=1S/C11H10ClNS/c1-2-10-7-14-11(13-10)8-3-5-9(12)6-4-8/h3-7H,2H2,1H3. The molecule has 0 unspecified atom stereocenters. The molecular formula is C11H10ClNS. The maximum absolute atomic E-state index is 5.81. The summed E-state index contributed by atoms with van der Waals surface area (Å²) in [4.78, 5) is 4.50. The summed E-state index contributed by atoms with van der Waals surface area (Å²) in [5, 5.41) is 3.93. The Bertz CT molecular complexity index is 419. The van der Waals surface area contributed by atoms with Crippen molar-refractivity contribution in [3.63, 3.8) is 0 Å². The van der Waals surface area contributed by atoms with E-state index >= 15 is 0 Å². The summed E-state index contributed by atoms with van der Waals surface area (Å²) in [6.45, 7) is 2.11. The number of hydrogen-bond donors (Lipinski definition) is 0. The van der Waals surface area contributed by atoms with Crippen LogP contribution in [0.4, 0.5) is 0 Å². The fourth-order valence-corrected chi connectivity index (χ4v) is 2.23. The Morgan fingerprint density at radius 1 is 1.29 bits per heavy atom. The summed E-state index contributed by atoms with van der Waals surface area (Å²) in [6, 6.07) is 7.79. The van der Waals surface area contributed by atoms with Crippen LogP contribution >= 0.6 is 22.9 Å². The number of benzene rings is 1. The average Bonchev–Trinajstić information content (AvgIpc) is 2.67. The highest BCUT2D eigenvalue weighted by Crippen LogP contribution is 2.25. The van der Waals surface area contributed by atoms with Crippen LogP contribution in [0.5, 0.6) is 0 Å². The molecule has 2 rings (SSSR count). The van der Waals surface area contributed by atoms with Gasteiger partial charge in [0.1, 0.15) is 5.01 Å². The Labute approximate surface area is 92.4 Å². The van der Waals surface area contributed by atoms with E-state index in [0.717, 1.165) is 27.7 Å². The van der Waals surface area contributed by atoms with E-state index in [0.29, 0.717) is 0 Å². The highest BCUT2D eigenvalue weighted by atomic mass is 35.5. The largest absolute Gasteiger partial charge is 0.241 e. The van der Waals surface area contributed by atoms with Crippen molar-refractivity contribution < 1.29 is 0 Å². The molecule has 1 aromatic carbocycles. The molecule has 0 aliphatic rings. The normalized spacial score (nSPS) is 10.4. The van der Waals surface area contributed by atoms with E-state index in [4.69, 9.17) is 11.6 Å². The monoisotopic (exact) mass is 223 g/mol. The van der Waals surface area contributed by atoms with Gasteiger partial charge in [0.25, 0.3) is 0 Å². The number of aryl methyl sites for hydroxylation is 1. The van der Waals surface area contributed by atoms with Gasteiger partial charge in [0.2, 0.25) is 0 Å². The molecule has 0 saturated heterocycles. The first kappa shape index (κ1) is 9.69. The van der Waals surface area contributed by atoms with Crippen LogP contribution in [-0.2, 0) is 6.42 Å². The lowest BCUT2D eigenvalue weighted by molar-refractivity contribution is 1.07. The van der Waals surface area contributed by atoms with Crippen molar-refractivity contribution in [2.45, 2.75) is 13.3 Å². The van der Waals surface area contributed by atoms with Gasteiger partial charge in [-0.15, -0.1) is 11.3 Å². The van der Waals surface area contributed by atoms with Crippen LogP contribution in [0.25, 0.3) is 10.6 Å². The molecule has 3 heteroatoms. The SMILES string of the molecule is CCc1csc(-c2ccc(Cl)cc2)n1. The molecule has 2 aromatic rings. The van der Waals surface area contributed by atoms with Gasteiger partial charge < -0.3 is 0 Å². The van der Waals surface area contributed by atoms with Crippen LogP contribution in [0.2, 0.25) is 5.02 Å². The molecule has 0 radical (unpaired) electrons. The fourth-order valence-electron chi connectivity index (χ4n) is 1.19. The topological polar surface area (TPSA) is 12.9 Å². The third kappa shape index (κ3) is 1.97. The maximum Gasteiger partial charge on any atom is 0.123 e. The van der Waals surface area contributed by atoms with E-state index in [-0.39, 0.29) is 0 Å². The van der Waals surface area contributed by atoms with Crippen molar-refractivity contribution in [1.82, 2.24) is 4.98 Å². The first-order valence-electron chi connectivity index (χ1n) is 4.50. The van der Waals surface area contributed by atoms with Gasteiger partial charge in [-0.3, -0.25) is 0 Å². The second-order valence-corrected chi connectivity index (χ2v) is 4.30. The highest BCUT2D eigenvalue weighted by molar-refractivity contribution is 7.13. The molecule has 1 aromatic heterocycles. The van der Waals surface area contributed by atoms with Crippen molar-refractivity contribution in [3.8, 4) is 10.6 Å². The van der Waals surface area contributed by atoms with E-state index in [1.54, 1.807) is 11.3 Å². The van der Waals surface area contributed by atoms with Crippen molar-refractivity contribution in [1.29, 1.82) is 0 Å². The van der Waals surface area contributed by atoms with Gasteiger partial charge >= 0.3 is 0 Å². The van der Waals surface area contributed by atoms with Gasteiger partial charge in [-0.05, 0) is 18.6 Å². The quantitative estimate of drug-likeness (QED) is 0.749. The molecule has 0 fully saturated rings. The lowest BCUT2D eigenvalue weighted by Gasteiger charge is -1.95.